The van der Waals surface area contributed by atoms with Gasteiger partial charge in [-0.05, 0) is 87.0 Å². The molecule has 1 aliphatic heterocycles. The standard InChI is InChI=1S/C36H56O3/c1-26(2)14-12-15-27(3)16-13-17-28(4)21-23-37-25-36(8)22-20-33-31(7)34(29(5)30(6)35(33)39-36)38-24-32-18-10-9-11-19-32/h9-11,18-19,26-28H,12-17,20-25H2,1-8H3/t27?,28?,36-/m1/s1. The van der Waals surface area contributed by atoms with Crippen molar-refractivity contribution in [2.45, 2.75) is 125 Å². The Bertz CT molecular complexity index is 1010. The van der Waals surface area contributed by atoms with Gasteiger partial charge in [0.25, 0.3) is 0 Å². The van der Waals surface area contributed by atoms with E-state index >= 15 is 0 Å². The average Bonchev–Trinajstić information content (AvgIpc) is 2.90. The molecule has 1 heterocycles. The molecule has 0 spiro atoms. The van der Waals surface area contributed by atoms with E-state index < -0.39 is 0 Å². The molecule has 0 bridgehead atoms. The number of ether oxygens (including phenoxy) is 3. The van der Waals surface area contributed by atoms with Gasteiger partial charge < -0.3 is 14.2 Å². The van der Waals surface area contributed by atoms with Crippen LogP contribution in [0.3, 0.4) is 0 Å². The van der Waals surface area contributed by atoms with Gasteiger partial charge in [-0.2, -0.15) is 0 Å². The molecule has 3 rings (SSSR count). The summed E-state index contributed by atoms with van der Waals surface area (Å²) in [6, 6.07) is 10.4. The summed E-state index contributed by atoms with van der Waals surface area (Å²) in [7, 11) is 0. The van der Waals surface area contributed by atoms with E-state index in [1.165, 1.54) is 66.3 Å². The molecule has 3 heteroatoms. The SMILES string of the molecule is Cc1c(C)c2c(c(C)c1OCc1ccccc1)CC[C@](C)(COCCC(C)CCCC(C)CCCC(C)C)O2. The van der Waals surface area contributed by atoms with Gasteiger partial charge in [0, 0.05) is 12.2 Å². The first-order chi connectivity index (χ1) is 18.6. The Morgan fingerprint density at radius 1 is 0.821 bits per heavy atom. The molecule has 0 saturated carbocycles. The van der Waals surface area contributed by atoms with Crippen LogP contribution in [-0.4, -0.2) is 18.8 Å². The van der Waals surface area contributed by atoms with Crippen molar-refractivity contribution in [2.24, 2.45) is 17.8 Å². The Balaban J connectivity index is 1.44. The molecule has 0 amide bonds. The van der Waals surface area contributed by atoms with Crippen molar-refractivity contribution in [2.75, 3.05) is 13.2 Å². The normalized spacial score (nSPS) is 18.5. The molecule has 0 saturated heterocycles. The largest absolute Gasteiger partial charge is 0.488 e. The Hall–Kier alpha value is -2.00. The summed E-state index contributed by atoms with van der Waals surface area (Å²) in [4.78, 5) is 0. The first kappa shape index (κ1) is 31.5. The molecule has 1 aliphatic rings. The van der Waals surface area contributed by atoms with Crippen LogP contribution in [0.5, 0.6) is 11.5 Å². The summed E-state index contributed by atoms with van der Waals surface area (Å²) in [6.45, 7) is 20.2. The molecular weight excluding hydrogens is 480 g/mol. The Kier molecular flexibility index (Phi) is 12.2. The van der Waals surface area contributed by atoms with Crippen LogP contribution in [-0.2, 0) is 17.8 Å². The van der Waals surface area contributed by atoms with Gasteiger partial charge in [0.2, 0.25) is 0 Å². The first-order valence-electron chi connectivity index (χ1n) is 15.7. The number of hydrogen-bond acceptors (Lipinski definition) is 3. The summed E-state index contributed by atoms with van der Waals surface area (Å²) < 4.78 is 19.3. The van der Waals surface area contributed by atoms with Crippen molar-refractivity contribution in [3.8, 4) is 11.5 Å². The van der Waals surface area contributed by atoms with Crippen molar-refractivity contribution >= 4 is 0 Å². The van der Waals surface area contributed by atoms with Crippen molar-refractivity contribution in [1.82, 2.24) is 0 Å². The molecule has 39 heavy (non-hydrogen) atoms. The molecule has 0 fully saturated rings. The lowest BCUT2D eigenvalue weighted by Gasteiger charge is -2.38. The van der Waals surface area contributed by atoms with E-state index in [1.807, 2.05) is 6.07 Å². The third-order valence-corrected chi connectivity index (χ3v) is 8.82. The molecule has 0 aromatic heterocycles. The molecule has 218 valence electrons. The average molecular weight is 537 g/mol. The smallest absolute Gasteiger partial charge is 0.130 e. The van der Waals surface area contributed by atoms with Crippen LogP contribution < -0.4 is 9.47 Å². The summed E-state index contributed by atoms with van der Waals surface area (Å²) in [5.41, 5.74) is 5.79. The lowest BCUT2D eigenvalue weighted by Crippen LogP contribution is -2.41. The zero-order chi connectivity index (χ0) is 28.4. The fourth-order valence-electron chi connectivity index (χ4n) is 5.88. The number of hydrogen-bond donors (Lipinski definition) is 0. The van der Waals surface area contributed by atoms with E-state index in [4.69, 9.17) is 14.2 Å². The van der Waals surface area contributed by atoms with Crippen LogP contribution in [0.4, 0.5) is 0 Å². The monoisotopic (exact) mass is 536 g/mol. The molecule has 2 unspecified atom stereocenters. The van der Waals surface area contributed by atoms with Crippen molar-refractivity contribution in [3.05, 3.63) is 58.1 Å². The van der Waals surface area contributed by atoms with E-state index in [9.17, 15) is 0 Å². The highest BCUT2D eigenvalue weighted by molar-refractivity contribution is 5.59. The number of benzene rings is 2. The van der Waals surface area contributed by atoms with Crippen LogP contribution in [0.25, 0.3) is 0 Å². The minimum atomic E-state index is -0.280. The third-order valence-electron chi connectivity index (χ3n) is 8.82. The number of rotatable bonds is 16. The molecule has 0 N–H and O–H groups in total. The Morgan fingerprint density at radius 2 is 1.46 bits per heavy atom. The minimum Gasteiger partial charge on any atom is -0.488 e. The van der Waals surface area contributed by atoms with E-state index in [-0.39, 0.29) is 5.60 Å². The van der Waals surface area contributed by atoms with Gasteiger partial charge in [-0.3, -0.25) is 0 Å². The van der Waals surface area contributed by atoms with Crippen LogP contribution in [0.2, 0.25) is 0 Å². The summed E-state index contributed by atoms with van der Waals surface area (Å²) in [6.07, 6.45) is 11.3. The lowest BCUT2D eigenvalue weighted by molar-refractivity contribution is -0.0309. The molecule has 3 atom stereocenters. The van der Waals surface area contributed by atoms with Crippen LogP contribution >= 0.6 is 0 Å². The minimum absolute atomic E-state index is 0.280. The predicted molar refractivity (Wildman–Crippen MR) is 165 cm³/mol. The molecular formula is C36H56O3. The highest BCUT2D eigenvalue weighted by Gasteiger charge is 2.35. The van der Waals surface area contributed by atoms with E-state index in [0.29, 0.717) is 13.2 Å². The number of fused-ring (bicyclic) bond motifs is 1. The Morgan fingerprint density at radius 3 is 2.13 bits per heavy atom. The van der Waals surface area contributed by atoms with Crippen LogP contribution in [0.15, 0.2) is 30.3 Å². The fraction of sp³-hybridized carbons (Fsp3) is 0.667. The highest BCUT2D eigenvalue weighted by Crippen LogP contribution is 2.44. The van der Waals surface area contributed by atoms with E-state index in [2.05, 4.69) is 79.7 Å². The second-order valence-electron chi connectivity index (χ2n) is 13.1. The zero-order valence-electron chi connectivity index (χ0n) is 26.3. The van der Waals surface area contributed by atoms with Crippen LogP contribution in [0.1, 0.15) is 114 Å². The summed E-state index contributed by atoms with van der Waals surface area (Å²) in [5, 5.41) is 0. The Labute approximate surface area is 240 Å². The summed E-state index contributed by atoms with van der Waals surface area (Å²) in [5.74, 6) is 4.47. The molecule has 2 aromatic rings. The lowest BCUT2D eigenvalue weighted by atomic mass is 9.87. The predicted octanol–water partition coefficient (Wildman–Crippen LogP) is 9.95. The van der Waals surface area contributed by atoms with Gasteiger partial charge in [-0.15, -0.1) is 0 Å². The fourth-order valence-corrected chi connectivity index (χ4v) is 5.88. The van der Waals surface area contributed by atoms with Crippen LogP contribution in [0, 0.1) is 38.5 Å². The maximum absolute atomic E-state index is 6.69. The molecule has 3 nitrogen and oxygen atoms in total. The second-order valence-corrected chi connectivity index (χ2v) is 13.1. The molecule has 0 radical (unpaired) electrons. The maximum Gasteiger partial charge on any atom is 0.130 e. The van der Waals surface area contributed by atoms with Crippen molar-refractivity contribution < 1.29 is 14.2 Å². The van der Waals surface area contributed by atoms with Crippen molar-refractivity contribution in [1.29, 1.82) is 0 Å². The van der Waals surface area contributed by atoms with E-state index in [0.717, 1.165) is 55.1 Å². The van der Waals surface area contributed by atoms with E-state index in [1.54, 1.807) is 0 Å². The van der Waals surface area contributed by atoms with Gasteiger partial charge >= 0.3 is 0 Å². The maximum atomic E-state index is 6.69. The quantitative estimate of drug-likeness (QED) is 0.200. The van der Waals surface area contributed by atoms with Gasteiger partial charge in [0.1, 0.15) is 23.7 Å². The molecule has 0 aliphatic carbocycles. The third kappa shape index (κ3) is 9.55. The van der Waals surface area contributed by atoms with Crippen molar-refractivity contribution in [3.63, 3.8) is 0 Å². The molecule has 2 aromatic carbocycles. The topological polar surface area (TPSA) is 27.7 Å². The second kappa shape index (κ2) is 15.1. The van der Waals surface area contributed by atoms with Gasteiger partial charge in [0.05, 0.1) is 6.61 Å². The zero-order valence-corrected chi connectivity index (χ0v) is 26.3. The van der Waals surface area contributed by atoms with Gasteiger partial charge in [-0.1, -0.05) is 96.6 Å². The first-order valence-corrected chi connectivity index (χ1v) is 15.7. The van der Waals surface area contributed by atoms with Gasteiger partial charge in [-0.25, -0.2) is 0 Å². The van der Waals surface area contributed by atoms with Gasteiger partial charge in [0.15, 0.2) is 0 Å². The highest BCUT2D eigenvalue weighted by atomic mass is 16.5. The summed E-state index contributed by atoms with van der Waals surface area (Å²) >= 11 is 0.